The second kappa shape index (κ2) is 9.80. The van der Waals surface area contributed by atoms with Gasteiger partial charge in [0.2, 0.25) is 11.5 Å². The number of nitrogens with zero attached hydrogens (tertiary/aromatic N) is 6. The number of carbonyl (C=O) groups is 1. The van der Waals surface area contributed by atoms with Gasteiger partial charge in [-0.2, -0.15) is 0 Å². The van der Waals surface area contributed by atoms with Gasteiger partial charge in [0.25, 0.3) is 0 Å². The van der Waals surface area contributed by atoms with Crippen molar-refractivity contribution in [2.24, 2.45) is 7.05 Å². The number of fused-ring (bicyclic) bond motifs is 2. The zero-order valence-electron chi connectivity index (χ0n) is 23.7. The van der Waals surface area contributed by atoms with Gasteiger partial charge < -0.3 is 18.6 Å². The molecule has 4 aromatic heterocycles. The van der Waals surface area contributed by atoms with Crippen LogP contribution in [0.4, 0.5) is 5.69 Å². The Morgan fingerprint density at radius 1 is 1.02 bits per heavy atom. The average molecular weight is 569 g/mol. The number of amides is 1. The van der Waals surface area contributed by atoms with Crippen LogP contribution in [0.5, 0.6) is 0 Å². The van der Waals surface area contributed by atoms with E-state index in [9.17, 15) is 9.59 Å². The quantitative estimate of drug-likeness (QED) is 0.273. The van der Waals surface area contributed by atoms with E-state index < -0.39 is 0 Å². The van der Waals surface area contributed by atoms with Crippen LogP contribution in [0.3, 0.4) is 0 Å². The maximum atomic E-state index is 13.5. The number of hydrogen-bond acceptors (Lipinski definition) is 7. The van der Waals surface area contributed by atoms with Crippen LogP contribution in [0.25, 0.3) is 22.2 Å². The minimum absolute atomic E-state index is 0.0546. The summed E-state index contributed by atoms with van der Waals surface area (Å²) >= 11 is 1.78. The second-order valence-corrected chi connectivity index (χ2v) is 12.5. The number of benzene rings is 1. The minimum atomic E-state index is -0.242. The Kier molecular flexibility index (Phi) is 6.19. The largest absolute Gasteiger partial charge is 0.361 e. The van der Waals surface area contributed by atoms with Crippen molar-refractivity contribution in [1.29, 1.82) is 0 Å². The smallest absolute Gasteiger partial charge is 0.250 e. The molecule has 41 heavy (non-hydrogen) atoms. The third-order valence-electron chi connectivity index (χ3n) is 8.52. The summed E-state index contributed by atoms with van der Waals surface area (Å²) < 4.78 is 9.38. The van der Waals surface area contributed by atoms with Crippen molar-refractivity contribution in [1.82, 2.24) is 24.3 Å². The highest BCUT2D eigenvalue weighted by Gasteiger charge is 2.37. The van der Waals surface area contributed by atoms with E-state index >= 15 is 0 Å². The predicted octanol–water partition coefficient (Wildman–Crippen LogP) is 5.76. The predicted molar refractivity (Wildman–Crippen MR) is 158 cm³/mol. The van der Waals surface area contributed by atoms with Gasteiger partial charge in [0.15, 0.2) is 0 Å². The molecule has 1 aliphatic carbocycles. The molecule has 5 heterocycles. The lowest BCUT2D eigenvalue weighted by Crippen LogP contribution is -2.40. The van der Waals surface area contributed by atoms with Crippen LogP contribution in [0, 0.1) is 20.8 Å². The third kappa shape index (κ3) is 4.32. The van der Waals surface area contributed by atoms with Crippen LogP contribution in [0.2, 0.25) is 0 Å². The normalized spacial score (nSPS) is 19.2. The second-order valence-electron chi connectivity index (χ2n) is 11.3. The number of pyridine rings is 1. The molecule has 2 aliphatic rings. The Labute approximate surface area is 241 Å². The van der Waals surface area contributed by atoms with E-state index in [1.165, 1.54) is 21.2 Å². The third-order valence-corrected chi connectivity index (χ3v) is 9.55. The first-order valence-electron chi connectivity index (χ1n) is 14.2. The highest BCUT2D eigenvalue weighted by molar-refractivity contribution is 7.11. The summed E-state index contributed by atoms with van der Waals surface area (Å²) in [6.07, 6.45) is 6.60. The number of hydrogen-bond donors (Lipinski definition) is 0. The molecule has 0 bridgehead atoms. The van der Waals surface area contributed by atoms with Crippen molar-refractivity contribution < 1.29 is 9.32 Å². The summed E-state index contributed by atoms with van der Waals surface area (Å²) in [4.78, 5) is 38.9. The molecule has 0 spiro atoms. The van der Waals surface area contributed by atoms with Crippen molar-refractivity contribution >= 4 is 34.0 Å². The van der Waals surface area contributed by atoms with E-state index in [4.69, 9.17) is 14.5 Å². The first-order valence-corrected chi connectivity index (χ1v) is 15.0. The van der Waals surface area contributed by atoms with Crippen molar-refractivity contribution in [3.05, 3.63) is 79.7 Å². The molecule has 10 heteroatoms. The number of aryl methyl sites for hydroxylation is 5. The summed E-state index contributed by atoms with van der Waals surface area (Å²) in [7, 11) is 1.72. The molecular weight excluding hydrogens is 536 g/mol. The van der Waals surface area contributed by atoms with Gasteiger partial charge in [-0.15, -0.1) is 11.3 Å². The Hall–Kier alpha value is -4.05. The van der Waals surface area contributed by atoms with Crippen LogP contribution >= 0.6 is 11.3 Å². The molecule has 1 amide bonds. The zero-order chi connectivity index (χ0) is 28.4. The van der Waals surface area contributed by atoms with E-state index in [-0.39, 0.29) is 23.6 Å². The number of carbonyl (C=O) groups excluding carboxylic acids is 1. The summed E-state index contributed by atoms with van der Waals surface area (Å²) in [6, 6.07) is 9.64. The number of thiazole rings is 1. The van der Waals surface area contributed by atoms with E-state index in [1.807, 2.05) is 18.7 Å². The molecular formula is C31H32N6O3S. The zero-order valence-corrected chi connectivity index (χ0v) is 24.5. The Bertz CT molecular complexity index is 1860. The summed E-state index contributed by atoms with van der Waals surface area (Å²) in [5.74, 6) is 1.73. The maximum absolute atomic E-state index is 13.5. The topological polar surface area (TPSA) is 99.1 Å². The van der Waals surface area contributed by atoms with Crippen LogP contribution < -0.4 is 10.5 Å². The van der Waals surface area contributed by atoms with Gasteiger partial charge in [0.05, 0.1) is 39.2 Å². The van der Waals surface area contributed by atoms with E-state index in [0.717, 1.165) is 82.2 Å². The van der Waals surface area contributed by atoms with Gasteiger partial charge in [-0.3, -0.25) is 9.59 Å². The molecule has 210 valence electrons. The number of aromatic nitrogens is 5. The Morgan fingerprint density at radius 3 is 2.66 bits per heavy atom. The lowest BCUT2D eigenvalue weighted by molar-refractivity contribution is -0.120. The van der Waals surface area contributed by atoms with Crippen LogP contribution in [0.1, 0.15) is 70.6 Å². The first-order chi connectivity index (χ1) is 19.8. The van der Waals surface area contributed by atoms with E-state index in [2.05, 4.69) is 34.8 Å². The van der Waals surface area contributed by atoms with Crippen LogP contribution in [-0.4, -0.2) is 30.2 Å². The van der Waals surface area contributed by atoms with Crippen LogP contribution in [0.15, 0.2) is 45.8 Å². The fourth-order valence-electron chi connectivity index (χ4n) is 6.65. The van der Waals surface area contributed by atoms with Crippen molar-refractivity contribution in [3.63, 3.8) is 0 Å². The van der Waals surface area contributed by atoms with Gasteiger partial charge in [0.1, 0.15) is 11.6 Å². The molecule has 0 saturated carbocycles. The van der Waals surface area contributed by atoms with Gasteiger partial charge >= 0.3 is 0 Å². The average Bonchev–Trinajstić information content (AvgIpc) is 3.62. The Morgan fingerprint density at radius 2 is 1.88 bits per heavy atom. The number of imidazole rings is 1. The van der Waals surface area contributed by atoms with Gasteiger partial charge in [0, 0.05) is 48.6 Å². The van der Waals surface area contributed by atoms with Gasteiger partial charge in [-0.05, 0) is 70.2 Å². The van der Waals surface area contributed by atoms with Crippen LogP contribution in [-0.2, 0) is 24.7 Å². The van der Waals surface area contributed by atoms with Gasteiger partial charge in [-0.25, -0.2) is 9.97 Å². The molecule has 7 rings (SSSR count). The van der Waals surface area contributed by atoms with E-state index in [1.54, 1.807) is 30.6 Å². The molecule has 1 fully saturated rings. The molecule has 1 aromatic carbocycles. The molecule has 1 aliphatic heterocycles. The Balaban J connectivity index is 1.41. The summed E-state index contributed by atoms with van der Waals surface area (Å²) in [5.41, 5.74) is 6.64. The maximum Gasteiger partial charge on any atom is 0.250 e. The fraction of sp³-hybridized carbons (Fsp3) is 0.387. The monoisotopic (exact) mass is 568 g/mol. The number of piperidine rings is 1. The number of rotatable bonds is 4. The van der Waals surface area contributed by atoms with Crippen molar-refractivity contribution in [2.75, 3.05) is 4.90 Å². The SMILES string of the molecule is Cc1nc2c(s1)C[C@H](n1c([C@@H]3CCCC(=O)N3c3ccc(=O)n(C)c3)nc3cc(-c4c(C)noc4C)ccc31)CC2. The van der Waals surface area contributed by atoms with Crippen molar-refractivity contribution in [2.45, 2.75) is 71.4 Å². The summed E-state index contributed by atoms with van der Waals surface area (Å²) in [6.45, 7) is 5.96. The molecule has 0 radical (unpaired) electrons. The van der Waals surface area contributed by atoms with Crippen molar-refractivity contribution in [3.8, 4) is 11.1 Å². The molecule has 5 aromatic rings. The number of anilines is 1. The standard InChI is InChI=1S/C31H32N6O3S/c1-17-30(18(2)40-34-17)20-8-12-25-24(14-20)33-31(37(25)21-9-11-23-27(15-21)41-19(3)32-23)26-6-5-7-29(39)36(26)22-10-13-28(38)35(4)16-22/h8,10,12-14,16,21,26H,5-7,9,11,15H2,1-4H3/t21-,26+/m1/s1. The van der Waals surface area contributed by atoms with Gasteiger partial charge in [-0.1, -0.05) is 11.2 Å². The minimum Gasteiger partial charge on any atom is -0.361 e. The molecule has 0 unspecified atom stereocenters. The lowest BCUT2D eigenvalue weighted by atomic mass is 9.95. The molecule has 2 atom stereocenters. The molecule has 0 N–H and O–H groups in total. The molecule has 1 saturated heterocycles. The van der Waals surface area contributed by atoms with E-state index in [0.29, 0.717) is 6.42 Å². The molecule has 9 nitrogen and oxygen atoms in total. The first kappa shape index (κ1) is 25.9. The summed E-state index contributed by atoms with van der Waals surface area (Å²) in [5, 5.41) is 5.26. The highest BCUT2D eigenvalue weighted by Crippen LogP contribution is 2.42. The highest BCUT2D eigenvalue weighted by atomic mass is 32.1. The lowest BCUT2D eigenvalue weighted by Gasteiger charge is -2.37. The fourth-order valence-corrected chi connectivity index (χ4v) is 7.71.